The maximum atomic E-state index is 13.5. The van der Waals surface area contributed by atoms with Crippen LogP contribution in [-0.2, 0) is 16.4 Å². The van der Waals surface area contributed by atoms with Gasteiger partial charge in [0.05, 0.1) is 26.7 Å². The van der Waals surface area contributed by atoms with Gasteiger partial charge in [0, 0.05) is 35.8 Å². The number of nitrogens with one attached hydrogen (secondary N) is 2. The minimum absolute atomic E-state index is 0.0319. The lowest BCUT2D eigenvalue weighted by Gasteiger charge is -2.14. The molecule has 6 nitrogen and oxygen atoms in total. The molecule has 0 bridgehead atoms. The Balaban J connectivity index is 1.67. The highest BCUT2D eigenvalue weighted by Crippen LogP contribution is 2.32. The van der Waals surface area contributed by atoms with E-state index in [0.717, 1.165) is 11.3 Å². The Morgan fingerprint density at radius 1 is 1.09 bits per heavy atom. The van der Waals surface area contributed by atoms with Gasteiger partial charge in [-0.05, 0) is 54.1 Å². The normalized spacial score (nSPS) is 11.2. The number of anilines is 3. The van der Waals surface area contributed by atoms with Crippen LogP contribution in [0.15, 0.2) is 71.8 Å². The maximum Gasteiger partial charge on any atom is 0.175 e. The van der Waals surface area contributed by atoms with Crippen LogP contribution in [0.5, 0.6) is 0 Å². The van der Waals surface area contributed by atoms with Crippen LogP contribution < -0.4 is 10.6 Å². The molecule has 0 unspecified atom stereocenters. The number of hydrogen-bond acceptors (Lipinski definition) is 6. The van der Waals surface area contributed by atoms with Crippen molar-refractivity contribution < 1.29 is 12.8 Å². The van der Waals surface area contributed by atoms with E-state index < -0.39 is 15.7 Å². The summed E-state index contributed by atoms with van der Waals surface area (Å²) >= 11 is 5.90. The molecule has 3 aromatic carbocycles. The van der Waals surface area contributed by atoms with Gasteiger partial charge in [-0.15, -0.1) is 0 Å². The fraction of sp³-hybridized carbons (Fsp3) is 0.0833. The van der Waals surface area contributed by atoms with Gasteiger partial charge in [0.2, 0.25) is 0 Å². The highest BCUT2D eigenvalue weighted by atomic mass is 35.5. The van der Waals surface area contributed by atoms with Crippen molar-refractivity contribution in [3.63, 3.8) is 0 Å². The molecule has 166 valence electrons. The van der Waals surface area contributed by atoms with Gasteiger partial charge in [0.15, 0.2) is 9.84 Å². The summed E-state index contributed by atoms with van der Waals surface area (Å²) in [4.78, 5) is 4.60. The summed E-state index contributed by atoms with van der Waals surface area (Å²) in [7, 11) is -3.29. The molecule has 0 aliphatic heterocycles. The van der Waals surface area contributed by atoms with E-state index in [-0.39, 0.29) is 9.92 Å². The summed E-state index contributed by atoms with van der Waals surface area (Å²) in [5.41, 5.74) is 3.59. The van der Waals surface area contributed by atoms with E-state index in [1.54, 1.807) is 18.2 Å². The summed E-state index contributed by atoms with van der Waals surface area (Å²) < 4.78 is 37.1. The van der Waals surface area contributed by atoms with E-state index in [1.165, 1.54) is 30.7 Å². The van der Waals surface area contributed by atoms with Crippen LogP contribution in [0.2, 0.25) is 5.02 Å². The van der Waals surface area contributed by atoms with Crippen LogP contribution in [0.4, 0.5) is 21.5 Å². The second kappa shape index (κ2) is 9.06. The van der Waals surface area contributed by atoms with Crippen molar-refractivity contribution in [1.29, 1.82) is 5.26 Å². The number of nitrogens with zero attached hydrogens (tertiary/aromatic N) is 2. The first-order chi connectivity index (χ1) is 15.7. The predicted molar refractivity (Wildman–Crippen MR) is 128 cm³/mol. The monoisotopic (exact) mass is 480 g/mol. The number of benzene rings is 3. The second-order valence-electron chi connectivity index (χ2n) is 7.42. The summed E-state index contributed by atoms with van der Waals surface area (Å²) in [6.45, 7) is 0.399. The predicted octanol–water partition coefficient (Wildman–Crippen LogP) is 5.66. The lowest BCUT2D eigenvalue weighted by Crippen LogP contribution is -2.03. The van der Waals surface area contributed by atoms with Gasteiger partial charge < -0.3 is 10.6 Å². The van der Waals surface area contributed by atoms with Gasteiger partial charge in [0.1, 0.15) is 11.9 Å². The number of nitriles is 1. The fourth-order valence-electron chi connectivity index (χ4n) is 3.33. The molecule has 0 aliphatic carbocycles. The molecule has 2 N–H and O–H groups in total. The minimum Gasteiger partial charge on any atom is -0.381 e. The molecule has 1 aromatic heterocycles. The molecule has 0 atom stereocenters. The zero-order valence-corrected chi connectivity index (χ0v) is 19.0. The number of fused-ring (bicyclic) bond motifs is 1. The van der Waals surface area contributed by atoms with Crippen molar-refractivity contribution in [1.82, 2.24) is 4.98 Å². The van der Waals surface area contributed by atoms with Crippen LogP contribution in [0.3, 0.4) is 0 Å². The number of pyridine rings is 1. The Morgan fingerprint density at radius 3 is 2.61 bits per heavy atom. The number of halogens is 2. The van der Waals surface area contributed by atoms with Crippen LogP contribution in [-0.4, -0.2) is 19.7 Å². The fourth-order valence-corrected chi connectivity index (χ4v) is 4.20. The van der Waals surface area contributed by atoms with Crippen LogP contribution >= 0.6 is 11.6 Å². The van der Waals surface area contributed by atoms with Crippen molar-refractivity contribution in [2.45, 2.75) is 11.4 Å². The SMILES string of the molecule is CS(=O)(=O)c1cccc(CNc2ccc3ncc(C#N)c(Nc4ccc(F)c(Cl)c4)c3c2)c1. The van der Waals surface area contributed by atoms with Crippen molar-refractivity contribution in [2.24, 2.45) is 0 Å². The summed E-state index contributed by atoms with van der Waals surface area (Å²) in [6, 6.07) is 18.6. The van der Waals surface area contributed by atoms with Gasteiger partial charge in [-0.2, -0.15) is 5.26 Å². The summed E-state index contributed by atoms with van der Waals surface area (Å²) in [5.74, 6) is -0.534. The topological polar surface area (TPSA) is 94.9 Å². The van der Waals surface area contributed by atoms with E-state index in [1.807, 2.05) is 24.3 Å². The maximum absolute atomic E-state index is 13.5. The van der Waals surface area contributed by atoms with Crippen molar-refractivity contribution in [3.8, 4) is 6.07 Å². The third-order valence-corrected chi connectivity index (χ3v) is 6.40. The number of aromatic nitrogens is 1. The molecule has 0 spiro atoms. The zero-order valence-electron chi connectivity index (χ0n) is 17.4. The molecule has 0 fully saturated rings. The molecule has 33 heavy (non-hydrogen) atoms. The molecule has 0 aliphatic rings. The summed E-state index contributed by atoms with van der Waals surface area (Å²) in [6.07, 6.45) is 2.64. The van der Waals surface area contributed by atoms with Gasteiger partial charge in [0.25, 0.3) is 0 Å². The van der Waals surface area contributed by atoms with Crippen LogP contribution in [0.1, 0.15) is 11.1 Å². The molecule has 0 amide bonds. The molecule has 9 heteroatoms. The van der Waals surface area contributed by atoms with Crippen molar-refractivity contribution in [2.75, 3.05) is 16.9 Å². The Bertz CT molecular complexity index is 1520. The molecule has 4 aromatic rings. The van der Waals surface area contributed by atoms with Crippen LogP contribution in [0, 0.1) is 17.1 Å². The first-order valence-electron chi connectivity index (χ1n) is 9.82. The van der Waals surface area contributed by atoms with E-state index in [9.17, 15) is 18.1 Å². The smallest absolute Gasteiger partial charge is 0.175 e. The Morgan fingerprint density at radius 2 is 1.88 bits per heavy atom. The summed E-state index contributed by atoms with van der Waals surface area (Å²) in [5, 5.41) is 16.7. The lowest BCUT2D eigenvalue weighted by atomic mass is 10.1. The zero-order chi connectivity index (χ0) is 23.6. The van der Waals surface area contributed by atoms with Gasteiger partial charge >= 0.3 is 0 Å². The first-order valence-corrected chi connectivity index (χ1v) is 12.1. The lowest BCUT2D eigenvalue weighted by molar-refractivity contribution is 0.601. The number of hydrogen-bond donors (Lipinski definition) is 2. The number of sulfone groups is 1. The Kier molecular flexibility index (Phi) is 6.18. The molecule has 4 rings (SSSR count). The second-order valence-corrected chi connectivity index (χ2v) is 9.84. The Labute approximate surface area is 195 Å². The largest absolute Gasteiger partial charge is 0.381 e. The average Bonchev–Trinajstić information content (AvgIpc) is 2.80. The standard InChI is InChI=1S/C24H18ClFN4O2S/c1-33(31,32)19-4-2-3-15(9-19)13-28-17-6-8-23-20(10-17)24(16(12-27)14-29-23)30-18-5-7-22(26)21(25)11-18/h2-11,14,28H,13H2,1H3,(H,29,30). The molecular formula is C24H18ClFN4O2S. The third-order valence-electron chi connectivity index (χ3n) is 5.00. The van der Waals surface area contributed by atoms with Gasteiger partial charge in [-0.25, -0.2) is 12.8 Å². The van der Waals surface area contributed by atoms with E-state index >= 15 is 0 Å². The highest BCUT2D eigenvalue weighted by Gasteiger charge is 2.12. The minimum atomic E-state index is -3.29. The van der Waals surface area contributed by atoms with E-state index in [0.29, 0.717) is 34.4 Å². The van der Waals surface area contributed by atoms with Crippen LogP contribution in [0.25, 0.3) is 10.9 Å². The van der Waals surface area contributed by atoms with Crippen molar-refractivity contribution >= 4 is 49.4 Å². The Hall–Kier alpha value is -3.67. The van der Waals surface area contributed by atoms with E-state index in [4.69, 9.17) is 11.6 Å². The van der Waals surface area contributed by atoms with Gasteiger partial charge in [-0.1, -0.05) is 23.7 Å². The van der Waals surface area contributed by atoms with Gasteiger partial charge in [-0.3, -0.25) is 4.98 Å². The molecular weight excluding hydrogens is 463 g/mol. The van der Waals surface area contributed by atoms with E-state index in [2.05, 4.69) is 21.7 Å². The third kappa shape index (κ3) is 5.06. The molecule has 0 saturated carbocycles. The average molecular weight is 481 g/mol. The molecule has 0 saturated heterocycles. The number of rotatable bonds is 6. The quantitative estimate of drug-likeness (QED) is 0.370. The first kappa shape index (κ1) is 22.5. The highest BCUT2D eigenvalue weighted by molar-refractivity contribution is 7.90. The molecule has 0 radical (unpaired) electrons. The molecule has 1 heterocycles. The van der Waals surface area contributed by atoms with Crippen molar-refractivity contribution in [3.05, 3.63) is 88.8 Å².